The molecule has 0 aliphatic rings. The van der Waals surface area contributed by atoms with Crippen LogP contribution < -0.4 is 6.15 Å². The number of rotatable bonds is 1. The minimum absolute atomic E-state index is 0. The highest BCUT2D eigenvalue weighted by molar-refractivity contribution is 5.85. The van der Waals surface area contributed by atoms with Crippen molar-refractivity contribution in [2.45, 2.75) is 19.8 Å². The van der Waals surface area contributed by atoms with Gasteiger partial charge in [-0.25, -0.2) is 0 Å². The van der Waals surface area contributed by atoms with Crippen LogP contribution in [0.1, 0.15) is 25.5 Å². The van der Waals surface area contributed by atoms with Crippen LogP contribution in [0.15, 0.2) is 24.4 Å². The zero-order valence-corrected chi connectivity index (χ0v) is 8.99. The normalized spacial score (nSPS) is 7.58. The molecule has 4 heteroatoms. The third-order valence-corrected chi connectivity index (χ3v) is 1.28. The molecule has 0 aromatic carbocycles. The van der Waals surface area contributed by atoms with E-state index in [1.165, 1.54) is 0 Å². The lowest BCUT2D eigenvalue weighted by atomic mass is 10.1. The second-order valence-electron chi connectivity index (χ2n) is 2.41. The van der Waals surface area contributed by atoms with Crippen LogP contribution in [0.3, 0.4) is 0 Å². The number of hydrogen-bond donors (Lipinski definition) is 1. The van der Waals surface area contributed by atoms with Crippen LogP contribution in [0.4, 0.5) is 0 Å². The predicted octanol–water partition coefficient (Wildman–Crippen LogP) is 3.21. The first-order valence-corrected chi connectivity index (χ1v) is 3.21. The van der Waals surface area contributed by atoms with Gasteiger partial charge in [0, 0.05) is 11.9 Å². The topological polar surface area (TPSA) is 47.9 Å². The van der Waals surface area contributed by atoms with E-state index in [-0.39, 0.29) is 31.0 Å². The molecule has 0 saturated carbocycles. The van der Waals surface area contributed by atoms with Gasteiger partial charge in [0.05, 0.1) is 0 Å². The van der Waals surface area contributed by atoms with Crippen molar-refractivity contribution < 1.29 is 0 Å². The Hall–Kier alpha value is -0.310. The number of halogens is 2. The fourth-order valence-corrected chi connectivity index (χ4v) is 0.717. The van der Waals surface area contributed by atoms with Crippen molar-refractivity contribution in [3.63, 3.8) is 0 Å². The standard InChI is InChI=1S/C8H11N.2ClH.H3N/c1-7(2)8-5-3-4-6-9-8;;;/h3-7H,1-2H3;2*1H;1H3. The molecule has 0 saturated heterocycles. The molecule has 0 aliphatic heterocycles. The number of pyridine rings is 1. The van der Waals surface area contributed by atoms with Gasteiger partial charge >= 0.3 is 0 Å². The van der Waals surface area contributed by atoms with Crippen molar-refractivity contribution in [1.82, 2.24) is 11.1 Å². The monoisotopic (exact) mass is 210 g/mol. The molecule has 2 nitrogen and oxygen atoms in total. The van der Waals surface area contributed by atoms with Gasteiger partial charge in [-0.2, -0.15) is 0 Å². The molecule has 1 rings (SSSR count). The van der Waals surface area contributed by atoms with E-state index in [4.69, 9.17) is 0 Å². The van der Waals surface area contributed by atoms with Gasteiger partial charge in [-0.1, -0.05) is 19.9 Å². The van der Waals surface area contributed by atoms with Crippen molar-refractivity contribution in [1.29, 1.82) is 0 Å². The summed E-state index contributed by atoms with van der Waals surface area (Å²) in [5.74, 6) is 0.547. The molecule has 3 N–H and O–H groups in total. The average molecular weight is 211 g/mol. The fraction of sp³-hybridized carbons (Fsp3) is 0.375. The lowest BCUT2D eigenvalue weighted by Crippen LogP contribution is -1.88. The van der Waals surface area contributed by atoms with E-state index in [0.717, 1.165) is 5.69 Å². The lowest BCUT2D eigenvalue weighted by Gasteiger charge is -2.00. The first kappa shape index (κ1) is 17.7. The molecule has 12 heavy (non-hydrogen) atoms. The van der Waals surface area contributed by atoms with Gasteiger partial charge in [-0.15, -0.1) is 24.8 Å². The molecule has 1 aromatic rings. The van der Waals surface area contributed by atoms with Crippen LogP contribution in [0.2, 0.25) is 0 Å². The van der Waals surface area contributed by atoms with Crippen molar-refractivity contribution in [2.75, 3.05) is 0 Å². The second-order valence-corrected chi connectivity index (χ2v) is 2.41. The Morgan fingerprint density at radius 2 is 1.75 bits per heavy atom. The van der Waals surface area contributed by atoms with Crippen molar-refractivity contribution >= 4 is 24.8 Å². The Labute approximate surface area is 86.2 Å². The second kappa shape index (κ2) is 8.78. The summed E-state index contributed by atoms with van der Waals surface area (Å²) < 4.78 is 0. The minimum atomic E-state index is 0. The highest BCUT2D eigenvalue weighted by Crippen LogP contribution is 2.08. The van der Waals surface area contributed by atoms with E-state index < -0.39 is 0 Å². The molecule has 0 atom stereocenters. The summed E-state index contributed by atoms with van der Waals surface area (Å²) in [7, 11) is 0. The molecular weight excluding hydrogens is 195 g/mol. The van der Waals surface area contributed by atoms with Gasteiger partial charge < -0.3 is 6.15 Å². The van der Waals surface area contributed by atoms with E-state index >= 15 is 0 Å². The number of nitrogens with zero attached hydrogens (tertiary/aromatic N) is 1. The minimum Gasteiger partial charge on any atom is -0.344 e. The van der Waals surface area contributed by atoms with Gasteiger partial charge in [0.2, 0.25) is 0 Å². The summed E-state index contributed by atoms with van der Waals surface area (Å²) in [6, 6.07) is 6.00. The van der Waals surface area contributed by atoms with Crippen molar-refractivity contribution in [3.8, 4) is 0 Å². The van der Waals surface area contributed by atoms with E-state index in [1.807, 2.05) is 24.4 Å². The average Bonchev–Trinajstić information content (AvgIpc) is 1.90. The Morgan fingerprint density at radius 1 is 1.17 bits per heavy atom. The Bertz CT molecular complexity index is 178. The molecule has 0 radical (unpaired) electrons. The first-order chi connectivity index (χ1) is 4.30. The Balaban J connectivity index is -0.000000270. The van der Waals surface area contributed by atoms with E-state index in [0.29, 0.717) is 5.92 Å². The SMILES string of the molecule is CC(C)c1ccccn1.Cl.Cl.N. The van der Waals surface area contributed by atoms with Crippen LogP contribution in [-0.4, -0.2) is 4.98 Å². The molecule has 0 amide bonds. The molecule has 0 bridgehead atoms. The van der Waals surface area contributed by atoms with Crippen molar-refractivity contribution in [3.05, 3.63) is 30.1 Å². The third kappa shape index (κ3) is 5.35. The molecule has 0 fully saturated rings. The highest BCUT2D eigenvalue weighted by atomic mass is 35.5. The van der Waals surface area contributed by atoms with E-state index in [2.05, 4.69) is 18.8 Å². The van der Waals surface area contributed by atoms with Crippen LogP contribution in [0.5, 0.6) is 0 Å². The molecule has 0 aliphatic carbocycles. The van der Waals surface area contributed by atoms with Gasteiger partial charge in [0.25, 0.3) is 0 Å². The third-order valence-electron chi connectivity index (χ3n) is 1.28. The number of aromatic nitrogens is 1. The Morgan fingerprint density at radius 3 is 2.00 bits per heavy atom. The van der Waals surface area contributed by atoms with Crippen LogP contribution in [0.25, 0.3) is 0 Å². The maximum atomic E-state index is 4.18. The van der Waals surface area contributed by atoms with Gasteiger partial charge in [-0.05, 0) is 18.1 Å². The summed E-state index contributed by atoms with van der Waals surface area (Å²) in [6.45, 7) is 4.28. The summed E-state index contributed by atoms with van der Waals surface area (Å²) in [4.78, 5) is 4.18. The largest absolute Gasteiger partial charge is 0.344 e. The molecule has 0 spiro atoms. The highest BCUT2D eigenvalue weighted by Gasteiger charge is 1.95. The van der Waals surface area contributed by atoms with Crippen LogP contribution in [0, 0.1) is 0 Å². The lowest BCUT2D eigenvalue weighted by molar-refractivity contribution is 0.823. The van der Waals surface area contributed by atoms with Crippen LogP contribution in [-0.2, 0) is 0 Å². The number of hydrogen-bond acceptors (Lipinski definition) is 2. The van der Waals surface area contributed by atoms with Crippen LogP contribution >= 0.6 is 24.8 Å². The van der Waals surface area contributed by atoms with E-state index in [1.54, 1.807) is 0 Å². The molecule has 1 aromatic heterocycles. The Kier molecular flexibility index (Phi) is 12.9. The summed E-state index contributed by atoms with van der Waals surface area (Å²) in [6.07, 6.45) is 1.83. The summed E-state index contributed by atoms with van der Waals surface area (Å²) in [5.41, 5.74) is 1.16. The zero-order chi connectivity index (χ0) is 6.69. The zero-order valence-electron chi connectivity index (χ0n) is 7.36. The predicted molar refractivity (Wildman–Crippen MR) is 57.8 cm³/mol. The fourth-order valence-electron chi connectivity index (χ4n) is 0.717. The first-order valence-electron chi connectivity index (χ1n) is 3.21. The van der Waals surface area contributed by atoms with Gasteiger partial charge in [0.15, 0.2) is 0 Å². The molecular formula is C8H16Cl2N2. The molecule has 0 unspecified atom stereocenters. The summed E-state index contributed by atoms with van der Waals surface area (Å²) in [5, 5.41) is 0. The molecule has 72 valence electrons. The summed E-state index contributed by atoms with van der Waals surface area (Å²) >= 11 is 0. The molecule has 1 heterocycles. The van der Waals surface area contributed by atoms with Gasteiger partial charge in [-0.3, -0.25) is 4.98 Å². The van der Waals surface area contributed by atoms with Gasteiger partial charge in [0.1, 0.15) is 0 Å². The maximum absolute atomic E-state index is 4.18. The maximum Gasteiger partial charge on any atom is 0.0428 e. The smallest absolute Gasteiger partial charge is 0.0428 e. The van der Waals surface area contributed by atoms with Crippen molar-refractivity contribution in [2.24, 2.45) is 0 Å². The van der Waals surface area contributed by atoms with E-state index in [9.17, 15) is 0 Å². The quantitative estimate of drug-likeness (QED) is 0.775.